The Bertz CT molecular complexity index is 607. The zero-order valence-electron chi connectivity index (χ0n) is 10.8. The molecule has 8 heteroatoms. The van der Waals surface area contributed by atoms with E-state index in [4.69, 9.17) is 23.2 Å². The van der Waals surface area contributed by atoms with Crippen LogP contribution in [0, 0.1) is 0 Å². The largest absolute Gasteiger partial charge is 0.392 e. The first-order valence-electron chi connectivity index (χ1n) is 6.07. The van der Waals surface area contributed by atoms with Gasteiger partial charge in [-0.25, -0.2) is 8.42 Å². The molecule has 0 aromatic heterocycles. The van der Waals surface area contributed by atoms with Crippen molar-refractivity contribution in [3.63, 3.8) is 0 Å². The average molecular weight is 356 g/mol. The molecule has 1 unspecified atom stereocenters. The van der Waals surface area contributed by atoms with Gasteiger partial charge in [-0.2, -0.15) is 16.1 Å². The minimum absolute atomic E-state index is 0.00544. The maximum absolute atomic E-state index is 12.6. The number of halogens is 2. The third-order valence-corrected chi connectivity index (χ3v) is 7.07. The Morgan fingerprint density at radius 2 is 2.15 bits per heavy atom. The van der Waals surface area contributed by atoms with Crippen molar-refractivity contribution < 1.29 is 13.5 Å². The average Bonchev–Trinajstić information content (AvgIpc) is 2.39. The number of nitrogens with zero attached hydrogens (tertiary/aromatic N) is 1. The van der Waals surface area contributed by atoms with Gasteiger partial charge in [-0.3, -0.25) is 0 Å². The zero-order valence-corrected chi connectivity index (χ0v) is 14.0. The van der Waals surface area contributed by atoms with Crippen LogP contribution in [0.2, 0.25) is 10.0 Å². The van der Waals surface area contributed by atoms with Gasteiger partial charge in [-0.05, 0) is 12.1 Å². The number of hydrogen-bond donors (Lipinski definition) is 1. The van der Waals surface area contributed by atoms with Gasteiger partial charge in [-0.1, -0.05) is 30.1 Å². The van der Waals surface area contributed by atoms with Gasteiger partial charge < -0.3 is 5.11 Å². The molecule has 1 heterocycles. The van der Waals surface area contributed by atoms with E-state index in [0.29, 0.717) is 13.1 Å². The monoisotopic (exact) mass is 355 g/mol. The molecule has 1 saturated heterocycles. The van der Waals surface area contributed by atoms with Gasteiger partial charge in [0.1, 0.15) is 4.90 Å². The fourth-order valence-corrected chi connectivity index (χ4v) is 5.69. The number of thioether (sulfide) groups is 1. The van der Waals surface area contributed by atoms with E-state index in [-0.39, 0.29) is 25.8 Å². The predicted octanol–water partition coefficient (Wildman–Crippen LogP) is 2.61. The van der Waals surface area contributed by atoms with E-state index in [1.54, 1.807) is 11.8 Å². The smallest absolute Gasteiger partial charge is 0.244 e. The molecule has 0 radical (unpaired) electrons. The van der Waals surface area contributed by atoms with Crippen LogP contribution in [0.15, 0.2) is 17.0 Å². The lowest BCUT2D eigenvalue weighted by atomic mass is 10.2. The summed E-state index contributed by atoms with van der Waals surface area (Å²) in [6.45, 7) is 2.52. The molecule has 1 N–H and O–H groups in total. The van der Waals surface area contributed by atoms with Crippen molar-refractivity contribution in [2.45, 2.75) is 23.7 Å². The van der Waals surface area contributed by atoms with Crippen molar-refractivity contribution in [3.8, 4) is 0 Å². The standard InChI is InChI=1S/C12H15Cl2NO3S2/c1-8-6-15(4-5-19-8)20(17,18)11-3-2-10(13)9(7-16)12(11)14/h2-3,8,16H,4-7H2,1H3. The molecule has 0 amide bonds. The summed E-state index contributed by atoms with van der Waals surface area (Å²) in [4.78, 5) is 0.00622. The summed E-state index contributed by atoms with van der Waals surface area (Å²) in [6.07, 6.45) is 0. The molecule has 1 aromatic rings. The van der Waals surface area contributed by atoms with Crippen molar-refractivity contribution >= 4 is 45.0 Å². The van der Waals surface area contributed by atoms with Crippen molar-refractivity contribution in [1.82, 2.24) is 4.31 Å². The van der Waals surface area contributed by atoms with E-state index in [2.05, 4.69) is 0 Å². The van der Waals surface area contributed by atoms with Crippen LogP contribution >= 0.6 is 35.0 Å². The van der Waals surface area contributed by atoms with Crippen LogP contribution in [0.25, 0.3) is 0 Å². The first-order chi connectivity index (χ1) is 9.37. The predicted molar refractivity (Wildman–Crippen MR) is 83.1 cm³/mol. The highest BCUT2D eigenvalue weighted by molar-refractivity contribution is 8.00. The lowest BCUT2D eigenvalue weighted by Crippen LogP contribution is -2.41. The highest BCUT2D eigenvalue weighted by atomic mass is 35.5. The number of aliphatic hydroxyl groups is 1. The molecule has 0 spiro atoms. The van der Waals surface area contributed by atoms with Gasteiger partial charge in [0.25, 0.3) is 0 Å². The second-order valence-corrected chi connectivity index (χ2v) is 8.78. The molecule has 0 saturated carbocycles. The van der Waals surface area contributed by atoms with Crippen LogP contribution in [-0.4, -0.2) is 41.9 Å². The Morgan fingerprint density at radius 1 is 1.45 bits per heavy atom. The molecule has 20 heavy (non-hydrogen) atoms. The highest BCUT2D eigenvalue weighted by Gasteiger charge is 2.31. The summed E-state index contributed by atoms with van der Waals surface area (Å²) >= 11 is 13.8. The van der Waals surface area contributed by atoms with Gasteiger partial charge >= 0.3 is 0 Å². The molecule has 1 aliphatic rings. The van der Waals surface area contributed by atoms with E-state index in [0.717, 1.165) is 5.75 Å². The zero-order chi connectivity index (χ0) is 14.9. The van der Waals surface area contributed by atoms with Crippen molar-refractivity contribution in [2.75, 3.05) is 18.8 Å². The minimum Gasteiger partial charge on any atom is -0.392 e. The first-order valence-corrected chi connectivity index (χ1v) is 9.32. The number of benzene rings is 1. The third kappa shape index (κ3) is 3.10. The van der Waals surface area contributed by atoms with Gasteiger partial charge in [0.15, 0.2) is 0 Å². The summed E-state index contributed by atoms with van der Waals surface area (Å²) in [5, 5.41) is 9.78. The molecule has 1 aliphatic heterocycles. The van der Waals surface area contributed by atoms with Crippen molar-refractivity contribution in [3.05, 3.63) is 27.7 Å². The summed E-state index contributed by atoms with van der Waals surface area (Å²) in [5.74, 6) is 0.762. The Hall–Kier alpha value is 0.0200. The molecule has 1 atom stereocenters. The summed E-state index contributed by atoms with van der Waals surface area (Å²) in [5.41, 5.74) is 0.244. The number of sulfonamides is 1. The SMILES string of the molecule is CC1CN(S(=O)(=O)c2ccc(Cl)c(CO)c2Cl)CCS1. The van der Waals surface area contributed by atoms with E-state index in [1.165, 1.54) is 16.4 Å². The maximum atomic E-state index is 12.6. The molecule has 1 aromatic carbocycles. The third-order valence-electron chi connectivity index (χ3n) is 3.13. The topological polar surface area (TPSA) is 57.6 Å². The van der Waals surface area contributed by atoms with Crippen molar-refractivity contribution in [2.24, 2.45) is 0 Å². The highest BCUT2D eigenvalue weighted by Crippen LogP contribution is 2.34. The molecular weight excluding hydrogens is 341 g/mol. The van der Waals surface area contributed by atoms with Gasteiger partial charge in [0.2, 0.25) is 10.0 Å². The maximum Gasteiger partial charge on any atom is 0.244 e. The second-order valence-electron chi connectivity index (χ2n) is 4.54. The molecule has 2 rings (SSSR count). The number of aliphatic hydroxyl groups excluding tert-OH is 1. The normalized spacial score (nSPS) is 21.1. The summed E-state index contributed by atoms with van der Waals surface area (Å²) < 4.78 is 26.7. The Kier molecular flexibility index (Phi) is 5.26. The fourth-order valence-electron chi connectivity index (χ4n) is 2.06. The van der Waals surface area contributed by atoms with Gasteiger partial charge in [0.05, 0.1) is 11.6 Å². The van der Waals surface area contributed by atoms with E-state index in [9.17, 15) is 13.5 Å². The molecule has 0 aliphatic carbocycles. The molecule has 4 nitrogen and oxygen atoms in total. The molecular formula is C12H15Cl2NO3S2. The van der Waals surface area contributed by atoms with Gasteiger partial charge in [-0.15, -0.1) is 0 Å². The Labute approximate surface area is 133 Å². The van der Waals surface area contributed by atoms with E-state index in [1.807, 2.05) is 6.92 Å². The fraction of sp³-hybridized carbons (Fsp3) is 0.500. The van der Waals surface area contributed by atoms with Crippen LogP contribution in [0.5, 0.6) is 0 Å². The van der Waals surface area contributed by atoms with Gasteiger partial charge in [0, 0.05) is 34.7 Å². The van der Waals surface area contributed by atoms with Crippen LogP contribution in [0.4, 0.5) is 0 Å². The van der Waals surface area contributed by atoms with Crippen LogP contribution in [0.1, 0.15) is 12.5 Å². The molecule has 112 valence electrons. The Balaban J connectivity index is 2.44. The molecule has 1 fully saturated rings. The van der Waals surface area contributed by atoms with E-state index < -0.39 is 16.6 Å². The Morgan fingerprint density at radius 3 is 2.75 bits per heavy atom. The van der Waals surface area contributed by atoms with Crippen molar-refractivity contribution in [1.29, 1.82) is 0 Å². The number of hydrogen-bond acceptors (Lipinski definition) is 4. The van der Waals surface area contributed by atoms with Crippen LogP contribution in [-0.2, 0) is 16.6 Å². The minimum atomic E-state index is -3.66. The van der Waals surface area contributed by atoms with Crippen LogP contribution < -0.4 is 0 Å². The summed E-state index contributed by atoms with van der Waals surface area (Å²) in [6, 6.07) is 2.85. The lowest BCUT2D eigenvalue weighted by molar-refractivity contribution is 0.281. The quantitative estimate of drug-likeness (QED) is 0.905. The summed E-state index contributed by atoms with van der Waals surface area (Å²) in [7, 11) is -3.66. The second kappa shape index (κ2) is 6.42. The first kappa shape index (κ1) is 16.4. The van der Waals surface area contributed by atoms with Crippen LogP contribution in [0.3, 0.4) is 0 Å². The lowest BCUT2D eigenvalue weighted by Gasteiger charge is -2.30. The molecule has 0 bridgehead atoms. The number of rotatable bonds is 3. The van der Waals surface area contributed by atoms with E-state index >= 15 is 0 Å².